The Bertz CT molecular complexity index is 1040. The molecule has 1 aliphatic carbocycles. The van der Waals surface area contributed by atoms with Crippen LogP contribution in [0.5, 0.6) is 0 Å². The lowest BCUT2D eigenvalue weighted by Crippen LogP contribution is -2.49. The second kappa shape index (κ2) is 8.86. The molecule has 2 aliphatic rings. The van der Waals surface area contributed by atoms with E-state index in [1.807, 2.05) is 36.4 Å². The first-order valence-electron chi connectivity index (χ1n) is 11.0. The van der Waals surface area contributed by atoms with Crippen LogP contribution in [0.1, 0.15) is 43.7 Å². The van der Waals surface area contributed by atoms with Gasteiger partial charge in [-0.2, -0.15) is 0 Å². The molecule has 2 aromatic carbocycles. The van der Waals surface area contributed by atoms with E-state index in [0.717, 1.165) is 27.2 Å². The van der Waals surface area contributed by atoms with Crippen LogP contribution < -0.4 is 5.32 Å². The van der Waals surface area contributed by atoms with Crippen LogP contribution in [0.4, 0.5) is 4.79 Å². The topological polar surface area (TPSA) is 116 Å². The second-order valence-electron chi connectivity index (χ2n) is 9.30. The number of amides is 2. The molecule has 174 valence electrons. The predicted molar refractivity (Wildman–Crippen MR) is 121 cm³/mol. The lowest BCUT2D eigenvalue weighted by atomic mass is 9.98. The molecule has 1 heterocycles. The molecule has 3 N–H and O–H groups in total. The summed E-state index contributed by atoms with van der Waals surface area (Å²) in [6, 6.07) is 15.0. The molecule has 0 bridgehead atoms. The highest BCUT2D eigenvalue weighted by Crippen LogP contribution is 2.44. The Hall–Kier alpha value is -3.39. The van der Waals surface area contributed by atoms with E-state index in [0.29, 0.717) is 0 Å². The lowest BCUT2D eigenvalue weighted by Gasteiger charge is -2.29. The number of carbonyl (C=O) groups is 3. The zero-order valence-corrected chi connectivity index (χ0v) is 18.7. The molecule has 4 rings (SSSR count). The number of aliphatic carboxylic acids is 1. The first-order chi connectivity index (χ1) is 15.7. The number of benzene rings is 2. The summed E-state index contributed by atoms with van der Waals surface area (Å²) in [5.41, 5.74) is 3.51. The number of β-amino-alcohol motifs (C(OH)–C–C–N with tert-alkyl or cyclic N) is 1. The molecule has 2 atom stereocenters. The minimum Gasteiger partial charge on any atom is -0.480 e. The van der Waals surface area contributed by atoms with Crippen molar-refractivity contribution in [1.29, 1.82) is 0 Å². The Morgan fingerprint density at radius 3 is 2.21 bits per heavy atom. The summed E-state index contributed by atoms with van der Waals surface area (Å²) in [6.45, 7) is 3.48. The van der Waals surface area contributed by atoms with Crippen molar-refractivity contribution in [1.82, 2.24) is 10.2 Å². The predicted octanol–water partition coefficient (Wildman–Crippen LogP) is 2.74. The summed E-state index contributed by atoms with van der Waals surface area (Å²) >= 11 is 0. The number of aliphatic hydroxyl groups excluding tert-OH is 1. The zero-order valence-electron chi connectivity index (χ0n) is 18.7. The number of alkyl carbamates (subject to hydrolysis) is 1. The average molecular weight is 453 g/mol. The van der Waals surface area contributed by atoms with Crippen molar-refractivity contribution in [3.63, 3.8) is 0 Å². The molecule has 8 nitrogen and oxygen atoms in total. The van der Waals surface area contributed by atoms with Gasteiger partial charge in [0.15, 0.2) is 0 Å². The third kappa shape index (κ3) is 4.71. The van der Waals surface area contributed by atoms with Gasteiger partial charge in [-0.3, -0.25) is 4.79 Å². The third-order valence-corrected chi connectivity index (χ3v) is 6.26. The number of ether oxygens (including phenoxy) is 1. The molecule has 0 aromatic heterocycles. The number of carboxylic acid groups (broad SMARTS) is 1. The molecule has 1 aliphatic heterocycles. The minimum absolute atomic E-state index is 0.00130. The van der Waals surface area contributed by atoms with Gasteiger partial charge >= 0.3 is 12.1 Å². The Kier molecular flexibility index (Phi) is 6.12. The molecule has 0 saturated carbocycles. The Labute approximate surface area is 192 Å². The van der Waals surface area contributed by atoms with Crippen LogP contribution in [-0.2, 0) is 14.3 Å². The molecule has 2 aromatic rings. The highest BCUT2D eigenvalue weighted by atomic mass is 16.5. The fraction of sp³-hybridized carbons (Fsp3) is 0.400. The van der Waals surface area contributed by atoms with E-state index in [4.69, 9.17) is 4.74 Å². The number of nitrogens with one attached hydrogen (secondary N) is 1. The highest BCUT2D eigenvalue weighted by Gasteiger charge is 2.40. The summed E-state index contributed by atoms with van der Waals surface area (Å²) < 4.78 is 5.55. The fourth-order valence-corrected chi connectivity index (χ4v) is 4.76. The van der Waals surface area contributed by atoms with Gasteiger partial charge in [0.2, 0.25) is 5.91 Å². The summed E-state index contributed by atoms with van der Waals surface area (Å²) in [5.74, 6) is -1.67. The monoisotopic (exact) mass is 452 g/mol. The molecular weight excluding hydrogens is 424 g/mol. The summed E-state index contributed by atoms with van der Waals surface area (Å²) in [7, 11) is 0. The van der Waals surface area contributed by atoms with Crippen LogP contribution in [0.15, 0.2) is 48.5 Å². The number of carbonyl (C=O) groups excluding carboxylic acids is 2. The van der Waals surface area contributed by atoms with Gasteiger partial charge in [-0.25, -0.2) is 9.59 Å². The average Bonchev–Trinajstić information content (AvgIpc) is 3.30. The molecule has 0 spiro atoms. The van der Waals surface area contributed by atoms with Crippen molar-refractivity contribution in [3.8, 4) is 11.1 Å². The first-order valence-corrected chi connectivity index (χ1v) is 11.0. The van der Waals surface area contributed by atoms with Gasteiger partial charge in [0.1, 0.15) is 12.6 Å². The molecule has 0 radical (unpaired) electrons. The van der Waals surface area contributed by atoms with E-state index in [-0.39, 0.29) is 31.9 Å². The van der Waals surface area contributed by atoms with Gasteiger partial charge in [-0.15, -0.1) is 0 Å². The van der Waals surface area contributed by atoms with Crippen molar-refractivity contribution in [2.24, 2.45) is 0 Å². The summed E-state index contributed by atoms with van der Waals surface area (Å²) in [4.78, 5) is 37.8. The first kappa shape index (κ1) is 22.8. The van der Waals surface area contributed by atoms with Gasteiger partial charge in [-0.05, 0) is 36.1 Å². The van der Waals surface area contributed by atoms with Crippen LogP contribution >= 0.6 is 0 Å². The molecule has 8 heteroatoms. The Balaban J connectivity index is 1.37. The number of nitrogens with zero attached hydrogens (tertiary/aromatic N) is 1. The van der Waals surface area contributed by atoms with E-state index in [9.17, 15) is 24.6 Å². The number of rotatable bonds is 6. The lowest BCUT2D eigenvalue weighted by molar-refractivity contribution is -0.148. The largest absolute Gasteiger partial charge is 0.480 e. The third-order valence-electron chi connectivity index (χ3n) is 6.26. The Morgan fingerprint density at radius 1 is 1.06 bits per heavy atom. The number of hydrogen-bond donors (Lipinski definition) is 3. The van der Waals surface area contributed by atoms with Gasteiger partial charge in [-0.1, -0.05) is 48.5 Å². The van der Waals surface area contributed by atoms with Crippen molar-refractivity contribution < 1.29 is 29.3 Å². The number of aliphatic hydroxyl groups is 1. The normalized spacial score (nSPS) is 19.7. The SMILES string of the molecule is CC(C)(CC(=O)N1C[C@H](O)C[C@H]1C(=O)O)NC(=O)OCC1c2ccccc2-c2ccccc21. The Morgan fingerprint density at radius 2 is 1.64 bits per heavy atom. The van der Waals surface area contributed by atoms with Gasteiger partial charge in [0, 0.05) is 30.8 Å². The van der Waals surface area contributed by atoms with Crippen molar-refractivity contribution >= 4 is 18.0 Å². The molecular formula is C25H28N2O6. The maximum atomic E-state index is 12.7. The standard InChI is InChI=1S/C25H28N2O6/c1-25(2,12-22(29)27-13-15(28)11-21(27)23(30)31)26-24(32)33-14-20-18-9-5-3-7-16(18)17-8-4-6-10-19(17)20/h3-10,15,20-21,28H,11-14H2,1-2H3,(H,26,32)(H,30,31)/t15-,21+/m1/s1. The van der Waals surface area contributed by atoms with Crippen molar-refractivity contribution in [3.05, 3.63) is 59.7 Å². The molecule has 0 unspecified atom stereocenters. The maximum absolute atomic E-state index is 12.7. The van der Waals surface area contributed by atoms with Crippen LogP contribution in [0.2, 0.25) is 0 Å². The van der Waals surface area contributed by atoms with Gasteiger partial charge < -0.3 is 25.2 Å². The maximum Gasteiger partial charge on any atom is 0.407 e. The van der Waals surface area contributed by atoms with Crippen LogP contribution in [-0.4, -0.2) is 63.9 Å². The van der Waals surface area contributed by atoms with E-state index in [1.54, 1.807) is 13.8 Å². The quantitative estimate of drug-likeness (QED) is 0.621. The van der Waals surface area contributed by atoms with Gasteiger partial charge in [0.25, 0.3) is 0 Å². The second-order valence-corrected chi connectivity index (χ2v) is 9.30. The summed E-state index contributed by atoms with van der Waals surface area (Å²) in [5, 5.41) is 21.8. The smallest absolute Gasteiger partial charge is 0.407 e. The minimum atomic E-state index is -1.15. The van der Waals surface area contributed by atoms with Crippen LogP contribution in [0.3, 0.4) is 0 Å². The number of carboxylic acids is 1. The van der Waals surface area contributed by atoms with E-state index in [1.165, 1.54) is 0 Å². The van der Waals surface area contributed by atoms with Crippen LogP contribution in [0, 0.1) is 0 Å². The molecule has 1 saturated heterocycles. The van der Waals surface area contributed by atoms with E-state index in [2.05, 4.69) is 17.4 Å². The number of likely N-dealkylation sites (tertiary alicyclic amines) is 1. The van der Waals surface area contributed by atoms with E-state index < -0.39 is 35.7 Å². The van der Waals surface area contributed by atoms with Gasteiger partial charge in [0.05, 0.1) is 6.10 Å². The fourth-order valence-electron chi connectivity index (χ4n) is 4.76. The van der Waals surface area contributed by atoms with Crippen molar-refractivity contribution in [2.75, 3.05) is 13.2 Å². The van der Waals surface area contributed by atoms with Crippen LogP contribution in [0.25, 0.3) is 11.1 Å². The van der Waals surface area contributed by atoms with E-state index >= 15 is 0 Å². The highest BCUT2D eigenvalue weighted by molar-refractivity contribution is 5.85. The number of fused-ring (bicyclic) bond motifs is 3. The molecule has 2 amide bonds. The molecule has 1 fully saturated rings. The zero-order chi connectivity index (χ0) is 23.8. The summed E-state index contributed by atoms with van der Waals surface area (Å²) in [6.07, 6.45) is -1.63. The number of hydrogen-bond acceptors (Lipinski definition) is 5. The molecule has 33 heavy (non-hydrogen) atoms. The van der Waals surface area contributed by atoms with Crippen molar-refractivity contribution in [2.45, 2.75) is 50.3 Å².